The summed E-state index contributed by atoms with van der Waals surface area (Å²) in [5, 5.41) is 3.41. The minimum Gasteiger partial charge on any atom is -0.376 e. The topological polar surface area (TPSA) is 24.5 Å². The number of nitrogens with one attached hydrogen (secondary N) is 1. The normalized spacial score (nSPS) is 23.2. The maximum Gasteiger partial charge on any atom is 0.0716 e. The Labute approximate surface area is 115 Å². The van der Waals surface area contributed by atoms with E-state index in [1.165, 1.54) is 36.2 Å². The number of nitrogens with zero attached hydrogens (tertiary/aromatic N) is 1. The Kier molecular flexibility index (Phi) is 4.04. The molecule has 104 valence electrons. The third kappa shape index (κ3) is 3.10. The van der Waals surface area contributed by atoms with Gasteiger partial charge in [-0.2, -0.15) is 0 Å². The van der Waals surface area contributed by atoms with Crippen molar-refractivity contribution in [2.24, 2.45) is 0 Å². The first-order valence-electron chi connectivity index (χ1n) is 7.50. The van der Waals surface area contributed by atoms with Crippen LogP contribution in [0.5, 0.6) is 0 Å². The second-order valence-electron chi connectivity index (χ2n) is 5.71. The van der Waals surface area contributed by atoms with Gasteiger partial charge in [0.1, 0.15) is 0 Å². The lowest BCUT2D eigenvalue weighted by atomic mass is 9.99. The molecule has 0 radical (unpaired) electrons. The summed E-state index contributed by atoms with van der Waals surface area (Å²) < 4.78 is 5.79. The van der Waals surface area contributed by atoms with Crippen LogP contribution < -0.4 is 10.2 Å². The Balaban J connectivity index is 1.63. The summed E-state index contributed by atoms with van der Waals surface area (Å²) >= 11 is 0. The molecule has 0 aliphatic carbocycles. The molecule has 1 N–H and O–H groups in total. The maximum atomic E-state index is 5.79. The average molecular weight is 260 g/mol. The summed E-state index contributed by atoms with van der Waals surface area (Å²) in [5.41, 5.74) is 4.34. The van der Waals surface area contributed by atoms with Crippen LogP contribution in [0.3, 0.4) is 0 Å². The second kappa shape index (κ2) is 5.93. The number of anilines is 1. The fourth-order valence-corrected chi connectivity index (χ4v) is 3.14. The quantitative estimate of drug-likeness (QED) is 0.901. The number of hydrogen-bond donors (Lipinski definition) is 1. The molecule has 3 rings (SSSR count). The standard InChI is InChI=1S/C16H24N2O/c1-13-4-5-16-14(11-13)3-2-8-18(16)9-6-15-12-17-7-10-19-15/h4-5,11,15,17H,2-3,6-10,12H2,1H3. The molecule has 2 aliphatic heterocycles. The van der Waals surface area contributed by atoms with Gasteiger partial charge in [-0.3, -0.25) is 0 Å². The largest absolute Gasteiger partial charge is 0.376 e. The van der Waals surface area contributed by atoms with Gasteiger partial charge in [-0.05, 0) is 37.8 Å². The van der Waals surface area contributed by atoms with E-state index in [-0.39, 0.29) is 0 Å². The monoisotopic (exact) mass is 260 g/mol. The Morgan fingerprint density at radius 2 is 2.37 bits per heavy atom. The number of ether oxygens (including phenoxy) is 1. The number of hydrogen-bond acceptors (Lipinski definition) is 3. The predicted octanol–water partition coefficient (Wildman–Crippen LogP) is 2.13. The fraction of sp³-hybridized carbons (Fsp3) is 0.625. The summed E-state index contributed by atoms with van der Waals surface area (Å²) in [6.45, 7) is 7.36. The van der Waals surface area contributed by atoms with E-state index in [0.717, 1.165) is 32.7 Å². The van der Waals surface area contributed by atoms with Crippen molar-refractivity contribution in [1.82, 2.24) is 5.32 Å². The van der Waals surface area contributed by atoms with Gasteiger partial charge in [0.2, 0.25) is 0 Å². The Bertz CT molecular complexity index is 427. The summed E-state index contributed by atoms with van der Waals surface area (Å²) in [5.74, 6) is 0. The van der Waals surface area contributed by atoms with Crippen LogP contribution in [0.2, 0.25) is 0 Å². The van der Waals surface area contributed by atoms with Crippen molar-refractivity contribution in [3.8, 4) is 0 Å². The molecule has 1 aromatic carbocycles. The van der Waals surface area contributed by atoms with Crippen molar-refractivity contribution in [2.75, 3.05) is 37.7 Å². The molecule has 1 atom stereocenters. The van der Waals surface area contributed by atoms with Gasteiger partial charge in [-0.15, -0.1) is 0 Å². The highest BCUT2D eigenvalue weighted by Crippen LogP contribution is 2.28. The first-order valence-corrected chi connectivity index (χ1v) is 7.50. The number of rotatable bonds is 3. The molecule has 0 amide bonds. The lowest BCUT2D eigenvalue weighted by Crippen LogP contribution is -2.41. The van der Waals surface area contributed by atoms with Crippen LogP contribution in [0.4, 0.5) is 5.69 Å². The van der Waals surface area contributed by atoms with E-state index in [0.29, 0.717) is 6.10 Å². The zero-order valence-corrected chi connectivity index (χ0v) is 11.8. The molecule has 3 nitrogen and oxygen atoms in total. The van der Waals surface area contributed by atoms with Gasteiger partial charge < -0.3 is 15.0 Å². The van der Waals surface area contributed by atoms with Crippen LogP contribution in [0.25, 0.3) is 0 Å². The van der Waals surface area contributed by atoms with Crippen molar-refractivity contribution >= 4 is 5.69 Å². The lowest BCUT2D eigenvalue weighted by molar-refractivity contribution is 0.0248. The smallest absolute Gasteiger partial charge is 0.0716 e. The van der Waals surface area contributed by atoms with Crippen LogP contribution in [0, 0.1) is 6.92 Å². The summed E-state index contributed by atoms with van der Waals surface area (Å²) in [6.07, 6.45) is 4.03. The van der Waals surface area contributed by atoms with Crippen molar-refractivity contribution < 1.29 is 4.74 Å². The van der Waals surface area contributed by atoms with E-state index in [1.54, 1.807) is 0 Å². The first kappa shape index (κ1) is 12.9. The molecule has 0 bridgehead atoms. The van der Waals surface area contributed by atoms with Crippen molar-refractivity contribution in [1.29, 1.82) is 0 Å². The number of fused-ring (bicyclic) bond motifs is 1. The van der Waals surface area contributed by atoms with Gasteiger partial charge in [0.25, 0.3) is 0 Å². The molecule has 0 spiro atoms. The van der Waals surface area contributed by atoms with Gasteiger partial charge >= 0.3 is 0 Å². The summed E-state index contributed by atoms with van der Waals surface area (Å²) in [6, 6.07) is 6.87. The van der Waals surface area contributed by atoms with E-state index >= 15 is 0 Å². The van der Waals surface area contributed by atoms with Gasteiger partial charge in [0.15, 0.2) is 0 Å². The van der Waals surface area contributed by atoms with Crippen LogP contribution >= 0.6 is 0 Å². The van der Waals surface area contributed by atoms with Gasteiger partial charge in [-0.25, -0.2) is 0 Å². The SMILES string of the molecule is Cc1ccc2c(c1)CCCN2CCC1CNCCO1. The minimum absolute atomic E-state index is 0.393. The van der Waals surface area contributed by atoms with Crippen LogP contribution in [-0.2, 0) is 11.2 Å². The highest BCUT2D eigenvalue weighted by atomic mass is 16.5. The molecule has 0 saturated carbocycles. The molecule has 19 heavy (non-hydrogen) atoms. The molecule has 0 aromatic heterocycles. The number of morpholine rings is 1. The minimum atomic E-state index is 0.393. The average Bonchev–Trinajstić information content (AvgIpc) is 2.45. The van der Waals surface area contributed by atoms with Crippen LogP contribution in [-0.4, -0.2) is 38.9 Å². The highest BCUT2D eigenvalue weighted by Gasteiger charge is 2.19. The molecule has 2 heterocycles. The fourth-order valence-electron chi connectivity index (χ4n) is 3.14. The summed E-state index contributed by atoms with van der Waals surface area (Å²) in [7, 11) is 0. The Morgan fingerprint density at radius 1 is 1.42 bits per heavy atom. The molecule has 1 saturated heterocycles. The molecule has 2 aliphatic rings. The maximum absolute atomic E-state index is 5.79. The zero-order chi connectivity index (χ0) is 13.1. The molecular weight excluding hydrogens is 236 g/mol. The van der Waals surface area contributed by atoms with Crippen LogP contribution in [0.1, 0.15) is 24.0 Å². The summed E-state index contributed by atoms with van der Waals surface area (Å²) in [4.78, 5) is 2.54. The van der Waals surface area contributed by atoms with E-state index in [2.05, 4.69) is 35.3 Å². The van der Waals surface area contributed by atoms with Gasteiger partial charge in [-0.1, -0.05) is 17.7 Å². The molecule has 1 fully saturated rings. The van der Waals surface area contributed by atoms with Crippen LogP contribution in [0.15, 0.2) is 18.2 Å². The van der Waals surface area contributed by atoms with E-state index in [1.807, 2.05) is 0 Å². The van der Waals surface area contributed by atoms with Crippen molar-refractivity contribution in [3.05, 3.63) is 29.3 Å². The lowest BCUT2D eigenvalue weighted by Gasteiger charge is -2.33. The van der Waals surface area contributed by atoms with Gasteiger partial charge in [0.05, 0.1) is 12.7 Å². The molecular formula is C16H24N2O. The third-order valence-electron chi connectivity index (χ3n) is 4.18. The van der Waals surface area contributed by atoms with Crippen molar-refractivity contribution in [2.45, 2.75) is 32.3 Å². The highest BCUT2D eigenvalue weighted by molar-refractivity contribution is 5.56. The first-order chi connectivity index (χ1) is 9.33. The number of benzene rings is 1. The van der Waals surface area contributed by atoms with E-state index < -0.39 is 0 Å². The Hall–Kier alpha value is -1.06. The third-order valence-corrected chi connectivity index (χ3v) is 4.18. The molecule has 3 heteroatoms. The second-order valence-corrected chi connectivity index (χ2v) is 5.71. The molecule has 1 aromatic rings. The Morgan fingerprint density at radius 3 is 3.21 bits per heavy atom. The van der Waals surface area contributed by atoms with E-state index in [9.17, 15) is 0 Å². The zero-order valence-electron chi connectivity index (χ0n) is 11.8. The van der Waals surface area contributed by atoms with Crippen molar-refractivity contribution in [3.63, 3.8) is 0 Å². The number of aryl methyl sites for hydroxylation is 2. The van der Waals surface area contributed by atoms with Gasteiger partial charge in [0, 0.05) is 31.9 Å². The predicted molar refractivity (Wildman–Crippen MR) is 78.9 cm³/mol. The van der Waals surface area contributed by atoms with E-state index in [4.69, 9.17) is 4.74 Å². The molecule has 1 unspecified atom stereocenters.